The van der Waals surface area contributed by atoms with Crippen molar-refractivity contribution in [3.05, 3.63) is 0 Å². The van der Waals surface area contributed by atoms with Crippen molar-refractivity contribution < 1.29 is 14.3 Å². The van der Waals surface area contributed by atoms with Crippen LogP contribution in [-0.4, -0.2) is 31.4 Å². The number of hydrogen-bond donors (Lipinski definition) is 1. The van der Waals surface area contributed by atoms with Gasteiger partial charge in [0.1, 0.15) is 6.29 Å². The molecule has 0 aliphatic heterocycles. The average molecular weight is 271 g/mol. The van der Waals surface area contributed by atoms with Gasteiger partial charge in [0, 0.05) is 24.0 Å². The van der Waals surface area contributed by atoms with E-state index in [1.807, 2.05) is 41.5 Å². The van der Waals surface area contributed by atoms with E-state index in [1.165, 1.54) is 0 Å². The summed E-state index contributed by atoms with van der Waals surface area (Å²) >= 11 is 0. The summed E-state index contributed by atoms with van der Waals surface area (Å²) in [5, 5.41) is 2.92. The van der Waals surface area contributed by atoms with Gasteiger partial charge < -0.3 is 14.8 Å². The van der Waals surface area contributed by atoms with Crippen molar-refractivity contribution in [2.24, 2.45) is 10.8 Å². The van der Waals surface area contributed by atoms with E-state index in [2.05, 4.69) is 5.32 Å². The fourth-order valence-corrected chi connectivity index (χ4v) is 2.26. The summed E-state index contributed by atoms with van der Waals surface area (Å²) in [6.45, 7) is 12.7. The van der Waals surface area contributed by atoms with Crippen LogP contribution in [0.5, 0.6) is 0 Å². The lowest BCUT2D eigenvalue weighted by molar-refractivity contribution is -0.132. The smallest absolute Gasteiger partial charge is 0.225 e. The second kappa shape index (κ2) is 7.63. The van der Waals surface area contributed by atoms with E-state index in [1.54, 1.807) is 0 Å². The largest absolute Gasteiger partial charge is 0.379 e. The minimum atomic E-state index is -0.542. The lowest BCUT2D eigenvalue weighted by Gasteiger charge is -2.30. The third-order valence-corrected chi connectivity index (χ3v) is 3.12. The molecule has 0 spiro atoms. The lowest BCUT2D eigenvalue weighted by Crippen LogP contribution is -2.41. The Bertz CT molecular complexity index is 298. The monoisotopic (exact) mass is 271 g/mol. The Morgan fingerprint density at radius 3 is 2.37 bits per heavy atom. The van der Waals surface area contributed by atoms with Crippen molar-refractivity contribution in [3.63, 3.8) is 0 Å². The van der Waals surface area contributed by atoms with E-state index in [9.17, 15) is 9.59 Å². The van der Waals surface area contributed by atoms with Gasteiger partial charge in [-0.05, 0) is 26.7 Å². The first-order valence-corrected chi connectivity index (χ1v) is 7.01. The van der Waals surface area contributed by atoms with Crippen LogP contribution < -0.4 is 5.32 Å². The summed E-state index contributed by atoms with van der Waals surface area (Å²) in [4.78, 5) is 23.1. The van der Waals surface area contributed by atoms with Crippen LogP contribution in [0.3, 0.4) is 0 Å². The molecule has 19 heavy (non-hydrogen) atoms. The highest BCUT2D eigenvalue weighted by atomic mass is 16.5. The maximum absolute atomic E-state index is 12.1. The van der Waals surface area contributed by atoms with Gasteiger partial charge in [-0.1, -0.05) is 27.7 Å². The average Bonchev–Trinajstić information content (AvgIpc) is 2.28. The van der Waals surface area contributed by atoms with Crippen molar-refractivity contribution >= 4 is 12.2 Å². The third kappa shape index (κ3) is 7.31. The molecule has 0 bridgehead atoms. The first-order valence-electron chi connectivity index (χ1n) is 7.01. The standard InChI is InChI=1S/C15H29NO3/c1-7-19-12(2)8-9-16-13(18)15(5,6)10-14(3,4)11-17/h11-12H,7-10H2,1-6H3,(H,16,18). The van der Waals surface area contributed by atoms with Gasteiger partial charge in [0.2, 0.25) is 5.91 Å². The van der Waals surface area contributed by atoms with Gasteiger partial charge in [0.05, 0.1) is 6.10 Å². The fraction of sp³-hybridized carbons (Fsp3) is 0.867. The molecule has 0 aromatic carbocycles. The highest BCUT2D eigenvalue weighted by Gasteiger charge is 2.34. The maximum Gasteiger partial charge on any atom is 0.225 e. The summed E-state index contributed by atoms with van der Waals surface area (Å²) in [6.07, 6.45) is 2.40. The molecule has 1 atom stereocenters. The Hall–Kier alpha value is -0.900. The fourth-order valence-electron chi connectivity index (χ4n) is 2.26. The molecule has 1 unspecified atom stereocenters. The molecule has 0 aromatic heterocycles. The molecule has 0 radical (unpaired) electrons. The quantitative estimate of drug-likeness (QED) is 0.656. The number of aldehydes is 1. The second-order valence-electron chi connectivity index (χ2n) is 6.48. The Morgan fingerprint density at radius 1 is 1.32 bits per heavy atom. The maximum atomic E-state index is 12.1. The van der Waals surface area contributed by atoms with Gasteiger partial charge in [0.15, 0.2) is 0 Å². The molecular formula is C15H29NO3. The predicted octanol–water partition coefficient (Wildman–Crippen LogP) is 2.56. The number of ether oxygens (including phenoxy) is 1. The Morgan fingerprint density at radius 2 is 1.89 bits per heavy atom. The highest BCUT2D eigenvalue weighted by molar-refractivity contribution is 5.82. The molecule has 1 amide bonds. The summed E-state index contributed by atoms with van der Waals surface area (Å²) in [7, 11) is 0. The molecule has 0 saturated carbocycles. The van der Waals surface area contributed by atoms with Crippen molar-refractivity contribution in [2.45, 2.75) is 60.5 Å². The van der Waals surface area contributed by atoms with Gasteiger partial charge >= 0.3 is 0 Å². The Kier molecular flexibility index (Phi) is 7.27. The third-order valence-electron chi connectivity index (χ3n) is 3.12. The molecule has 0 aliphatic rings. The van der Waals surface area contributed by atoms with Crippen LogP contribution in [0.4, 0.5) is 0 Å². The van der Waals surface area contributed by atoms with E-state index in [0.717, 1.165) is 12.7 Å². The number of rotatable bonds is 9. The highest BCUT2D eigenvalue weighted by Crippen LogP contribution is 2.32. The zero-order valence-corrected chi connectivity index (χ0v) is 13.2. The topological polar surface area (TPSA) is 55.4 Å². The lowest BCUT2D eigenvalue weighted by atomic mass is 9.75. The van der Waals surface area contributed by atoms with E-state index < -0.39 is 10.8 Å². The normalized spacial score (nSPS) is 14.0. The van der Waals surface area contributed by atoms with E-state index in [4.69, 9.17) is 4.74 Å². The van der Waals surface area contributed by atoms with Gasteiger partial charge in [-0.25, -0.2) is 0 Å². The van der Waals surface area contributed by atoms with E-state index >= 15 is 0 Å². The van der Waals surface area contributed by atoms with E-state index in [0.29, 0.717) is 19.6 Å². The van der Waals surface area contributed by atoms with Crippen LogP contribution >= 0.6 is 0 Å². The zero-order chi connectivity index (χ0) is 15.1. The molecule has 0 fully saturated rings. The summed E-state index contributed by atoms with van der Waals surface area (Å²) in [5.74, 6) is -0.00822. The van der Waals surface area contributed by atoms with Gasteiger partial charge in [0.25, 0.3) is 0 Å². The molecule has 0 rings (SSSR count). The van der Waals surface area contributed by atoms with Crippen LogP contribution in [-0.2, 0) is 14.3 Å². The zero-order valence-electron chi connectivity index (χ0n) is 13.2. The first-order chi connectivity index (χ1) is 8.64. The van der Waals surface area contributed by atoms with Gasteiger partial charge in [-0.2, -0.15) is 0 Å². The number of hydrogen-bond acceptors (Lipinski definition) is 3. The molecule has 112 valence electrons. The van der Waals surface area contributed by atoms with Crippen LogP contribution in [0, 0.1) is 10.8 Å². The summed E-state index contributed by atoms with van der Waals surface area (Å²) in [5.41, 5.74) is -1.02. The predicted molar refractivity (Wildman–Crippen MR) is 77.0 cm³/mol. The molecule has 0 aliphatic carbocycles. The van der Waals surface area contributed by atoms with Gasteiger partial charge in [-0.15, -0.1) is 0 Å². The number of nitrogens with one attached hydrogen (secondary N) is 1. The van der Waals surface area contributed by atoms with Crippen molar-refractivity contribution in [2.75, 3.05) is 13.2 Å². The number of carbonyl (C=O) groups excluding carboxylic acids is 2. The Balaban J connectivity index is 4.22. The van der Waals surface area contributed by atoms with Gasteiger partial charge in [-0.3, -0.25) is 4.79 Å². The molecular weight excluding hydrogens is 242 g/mol. The first kappa shape index (κ1) is 18.1. The molecule has 0 aromatic rings. The molecule has 4 heteroatoms. The molecule has 1 N–H and O–H groups in total. The number of carbonyl (C=O) groups is 2. The van der Waals surface area contributed by atoms with Crippen LogP contribution in [0.2, 0.25) is 0 Å². The van der Waals surface area contributed by atoms with Crippen molar-refractivity contribution in [1.29, 1.82) is 0 Å². The minimum absolute atomic E-state index is 0.00822. The van der Waals surface area contributed by atoms with E-state index in [-0.39, 0.29) is 12.0 Å². The SMILES string of the molecule is CCOC(C)CCNC(=O)C(C)(C)CC(C)(C)C=O. The van der Waals surface area contributed by atoms with Crippen molar-refractivity contribution in [1.82, 2.24) is 5.32 Å². The summed E-state index contributed by atoms with van der Waals surface area (Å²) in [6, 6.07) is 0. The molecule has 0 heterocycles. The minimum Gasteiger partial charge on any atom is -0.379 e. The van der Waals surface area contributed by atoms with Crippen LogP contribution in [0.25, 0.3) is 0 Å². The Labute approximate surface area is 117 Å². The number of amides is 1. The van der Waals surface area contributed by atoms with Crippen LogP contribution in [0.1, 0.15) is 54.4 Å². The van der Waals surface area contributed by atoms with Crippen molar-refractivity contribution in [3.8, 4) is 0 Å². The molecule has 0 saturated heterocycles. The second-order valence-corrected chi connectivity index (χ2v) is 6.48. The van der Waals surface area contributed by atoms with Crippen LogP contribution in [0.15, 0.2) is 0 Å². The summed E-state index contributed by atoms with van der Waals surface area (Å²) < 4.78 is 5.41. The molecule has 4 nitrogen and oxygen atoms in total.